The van der Waals surface area contributed by atoms with Gasteiger partial charge < -0.3 is 9.88 Å². The van der Waals surface area contributed by atoms with Crippen molar-refractivity contribution in [3.05, 3.63) is 11.4 Å². The molecule has 0 unspecified atom stereocenters. The van der Waals surface area contributed by atoms with E-state index in [2.05, 4.69) is 34.0 Å². The maximum absolute atomic E-state index is 11.8. The molecular formula is C15H26N4O2S. The van der Waals surface area contributed by atoms with Crippen LogP contribution in [0.4, 0.5) is 4.79 Å². The second kappa shape index (κ2) is 8.82. The lowest BCUT2D eigenvalue weighted by Crippen LogP contribution is -2.40. The zero-order valence-corrected chi connectivity index (χ0v) is 14.8. The molecule has 0 aliphatic heterocycles. The van der Waals surface area contributed by atoms with Gasteiger partial charge in [0, 0.05) is 18.8 Å². The van der Waals surface area contributed by atoms with Crippen molar-refractivity contribution in [3.63, 3.8) is 0 Å². The van der Waals surface area contributed by atoms with E-state index in [0.717, 1.165) is 29.5 Å². The minimum Gasteiger partial charge on any atom is -0.338 e. The summed E-state index contributed by atoms with van der Waals surface area (Å²) < 4.78 is 2.13. The Bertz CT molecular complexity index is 526. The van der Waals surface area contributed by atoms with Crippen molar-refractivity contribution in [2.75, 3.05) is 12.3 Å². The number of nitrogens with zero attached hydrogens (tertiary/aromatic N) is 2. The molecule has 0 aliphatic rings. The summed E-state index contributed by atoms with van der Waals surface area (Å²) in [6.07, 6.45) is 0.835. The van der Waals surface area contributed by atoms with E-state index in [1.54, 1.807) is 0 Å². The van der Waals surface area contributed by atoms with Crippen molar-refractivity contribution in [2.24, 2.45) is 5.92 Å². The Kier molecular flexibility index (Phi) is 7.44. The number of aromatic nitrogens is 2. The van der Waals surface area contributed by atoms with Gasteiger partial charge in [0.05, 0.1) is 11.4 Å². The van der Waals surface area contributed by atoms with Crippen LogP contribution >= 0.6 is 11.8 Å². The fourth-order valence-electron chi connectivity index (χ4n) is 1.89. The maximum Gasteiger partial charge on any atom is 0.321 e. The van der Waals surface area contributed by atoms with Crippen LogP contribution in [0, 0.1) is 19.8 Å². The second-order valence-electron chi connectivity index (χ2n) is 5.66. The molecule has 2 N–H and O–H groups in total. The number of nitrogens with one attached hydrogen (secondary N) is 2. The molecule has 0 radical (unpaired) electrons. The maximum atomic E-state index is 11.8. The van der Waals surface area contributed by atoms with Crippen LogP contribution in [-0.4, -0.2) is 33.8 Å². The van der Waals surface area contributed by atoms with Crippen molar-refractivity contribution in [1.29, 1.82) is 0 Å². The summed E-state index contributed by atoms with van der Waals surface area (Å²) in [4.78, 5) is 27.7. The molecule has 22 heavy (non-hydrogen) atoms. The van der Waals surface area contributed by atoms with E-state index in [9.17, 15) is 9.59 Å². The molecule has 3 amide bonds. The van der Waals surface area contributed by atoms with Gasteiger partial charge in [0.25, 0.3) is 0 Å². The van der Waals surface area contributed by atoms with Gasteiger partial charge in [-0.1, -0.05) is 32.5 Å². The first kappa shape index (κ1) is 18.5. The lowest BCUT2D eigenvalue weighted by Gasteiger charge is -2.12. The average molecular weight is 326 g/mol. The molecular weight excluding hydrogens is 300 g/mol. The van der Waals surface area contributed by atoms with Gasteiger partial charge >= 0.3 is 6.03 Å². The summed E-state index contributed by atoms with van der Waals surface area (Å²) in [5.74, 6) is 0.362. The molecule has 0 bridgehead atoms. The fraction of sp³-hybridized carbons (Fsp3) is 0.667. The number of hydrogen-bond donors (Lipinski definition) is 2. The largest absolute Gasteiger partial charge is 0.338 e. The number of rotatable bonds is 7. The molecule has 1 heterocycles. The SMILES string of the molecule is CCCNC(=O)NC(=O)CSc1nc(C)c(C)n1CC(C)C. The predicted molar refractivity (Wildman–Crippen MR) is 89.1 cm³/mol. The summed E-state index contributed by atoms with van der Waals surface area (Å²) in [6, 6.07) is -0.440. The van der Waals surface area contributed by atoms with Gasteiger partial charge in [-0.2, -0.15) is 0 Å². The van der Waals surface area contributed by atoms with Crippen molar-refractivity contribution < 1.29 is 9.59 Å². The molecule has 6 nitrogen and oxygen atoms in total. The van der Waals surface area contributed by atoms with Crippen LogP contribution in [0.1, 0.15) is 38.6 Å². The van der Waals surface area contributed by atoms with Crippen LogP contribution < -0.4 is 10.6 Å². The first-order valence-corrected chi connectivity index (χ1v) is 8.57. The first-order valence-electron chi connectivity index (χ1n) is 7.59. The molecule has 0 aromatic carbocycles. The minimum atomic E-state index is -0.440. The van der Waals surface area contributed by atoms with Gasteiger partial charge in [-0.25, -0.2) is 9.78 Å². The lowest BCUT2D eigenvalue weighted by molar-refractivity contribution is -0.117. The predicted octanol–water partition coefficient (Wildman–Crippen LogP) is 2.48. The number of urea groups is 1. The normalized spacial score (nSPS) is 10.8. The number of aryl methyl sites for hydroxylation is 1. The minimum absolute atomic E-state index is 0.174. The molecule has 1 aromatic heterocycles. The molecule has 7 heteroatoms. The highest BCUT2D eigenvalue weighted by atomic mass is 32.2. The molecule has 0 atom stereocenters. The van der Waals surface area contributed by atoms with Crippen LogP contribution in [0.15, 0.2) is 5.16 Å². The zero-order chi connectivity index (χ0) is 16.7. The van der Waals surface area contributed by atoms with Crippen molar-refractivity contribution in [2.45, 2.75) is 52.7 Å². The quantitative estimate of drug-likeness (QED) is 0.755. The van der Waals surface area contributed by atoms with Gasteiger partial charge in [-0.3, -0.25) is 10.1 Å². The molecule has 124 valence electrons. The van der Waals surface area contributed by atoms with E-state index in [4.69, 9.17) is 0 Å². The highest BCUT2D eigenvalue weighted by Gasteiger charge is 2.15. The van der Waals surface area contributed by atoms with E-state index in [1.165, 1.54) is 11.8 Å². The Hall–Kier alpha value is -1.50. The fourth-order valence-corrected chi connectivity index (χ4v) is 2.79. The Morgan fingerprint density at radius 2 is 2.00 bits per heavy atom. The third-order valence-corrected chi connectivity index (χ3v) is 4.07. The van der Waals surface area contributed by atoms with E-state index in [1.807, 2.05) is 20.8 Å². The van der Waals surface area contributed by atoms with Gasteiger partial charge in [-0.05, 0) is 26.2 Å². The highest BCUT2D eigenvalue weighted by molar-refractivity contribution is 7.99. The Morgan fingerprint density at radius 1 is 1.32 bits per heavy atom. The summed E-state index contributed by atoms with van der Waals surface area (Å²) in [5.41, 5.74) is 2.10. The Balaban J connectivity index is 2.59. The third-order valence-electron chi connectivity index (χ3n) is 3.09. The van der Waals surface area contributed by atoms with Gasteiger partial charge in [0.1, 0.15) is 0 Å². The molecule has 1 rings (SSSR count). The van der Waals surface area contributed by atoms with Crippen LogP contribution in [-0.2, 0) is 11.3 Å². The average Bonchev–Trinajstić information content (AvgIpc) is 2.70. The number of thioether (sulfide) groups is 1. The lowest BCUT2D eigenvalue weighted by atomic mass is 10.2. The van der Waals surface area contributed by atoms with Crippen LogP contribution in [0.5, 0.6) is 0 Å². The zero-order valence-electron chi connectivity index (χ0n) is 14.0. The molecule has 1 aromatic rings. The summed E-state index contributed by atoms with van der Waals surface area (Å²) >= 11 is 1.36. The summed E-state index contributed by atoms with van der Waals surface area (Å²) in [6.45, 7) is 11.7. The number of hydrogen-bond acceptors (Lipinski definition) is 4. The standard InChI is InChI=1S/C15H26N4O2S/c1-6-7-16-14(21)18-13(20)9-22-15-17-11(4)12(5)19(15)8-10(2)3/h10H,6-9H2,1-5H3,(H2,16,18,20,21). The van der Waals surface area contributed by atoms with E-state index >= 15 is 0 Å². The molecule has 0 aliphatic carbocycles. The number of amides is 3. The van der Waals surface area contributed by atoms with E-state index in [-0.39, 0.29) is 11.7 Å². The highest BCUT2D eigenvalue weighted by Crippen LogP contribution is 2.22. The van der Waals surface area contributed by atoms with Crippen LogP contribution in [0.2, 0.25) is 0 Å². The van der Waals surface area contributed by atoms with Crippen molar-refractivity contribution in [3.8, 4) is 0 Å². The molecule has 0 saturated carbocycles. The van der Waals surface area contributed by atoms with Crippen molar-refractivity contribution in [1.82, 2.24) is 20.2 Å². The monoisotopic (exact) mass is 326 g/mol. The van der Waals surface area contributed by atoms with Crippen LogP contribution in [0.25, 0.3) is 0 Å². The van der Waals surface area contributed by atoms with Gasteiger partial charge in [0.2, 0.25) is 5.91 Å². The molecule has 0 spiro atoms. The van der Waals surface area contributed by atoms with Crippen LogP contribution in [0.3, 0.4) is 0 Å². The number of imide groups is 1. The second-order valence-corrected chi connectivity index (χ2v) is 6.60. The number of carbonyl (C=O) groups excluding carboxylic acids is 2. The summed E-state index contributed by atoms with van der Waals surface area (Å²) in [5, 5.41) is 5.76. The molecule has 0 fully saturated rings. The van der Waals surface area contributed by atoms with E-state index in [0.29, 0.717) is 12.5 Å². The van der Waals surface area contributed by atoms with Gasteiger partial charge in [-0.15, -0.1) is 0 Å². The summed E-state index contributed by atoms with van der Waals surface area (Å²) in [7, 11) is 0. The van der Waals surface area contributed by atoms with E-state index < -0.39 is 6.03 Å². The Morgan fingerprint density at radius 3 is 2.59 bits per heavy atom. The third kappa shape index (κ3) is 5.71. The number of imidazole rings is 1. The first-order chi connectivity index (χ1) is 10.3. The number of carbonyl (C=O) groups is 2. The van der Waals surface area contributed by atoms with Crippen molar-refractivity contribution >= 4 is 23.7 Å². The molecule has 0 saturated heterocycles. The topological polar surface area (TPSA) is 76.0 Å². The van der Waals surface area contributed by atoms with Gasteiger partial charge in [0.15, 0.2) is 5.16 Å². The smallest absolute Gasteiger partial charge is 0.321 e. The Labute approximate surface area is 136 Å².